The second-order valence-corrected chi connectivity index (χ2v) is 7.00. The third-order valence-corrected chi connectivity index (χ3v) is 5.32. The maximum atomic E-state index is 13.1. The lowest BCUT2D eigenvalue weighted by Gasteiger charge is -2.26. The van der Waals surface area contributed by atoms with Crippen molar-refractivity contribution in [1.29, 1.82) is 0 Å². The van der Waals surface area contributed by atoms with E-state index in [1.165, 1.54) is 23.3 Å². The van der Waals surface area contributed by atoms with E-state index in [4.69, 9.17) is 0 Å². The number of amides is 1. The number of nitrogens with zero attached hydrogens (tertiary/aromatic N) is 1. The summed E-state index contributed by atoms with van der Waals surface area (Å²) in [7, 11) is 0. The minimum atomic E-state index is -0.341. The lowest BCUT2D eigenvalue weighted by molar-refractivity contribution is -0.130. The largest absolute Gasteiger partial charge is 0.351 e. The Morgan fingerprint density at radius 3 is 2.62 bits per heavy atom. The Morgan fingerprint density at radius 1 is 1.08 bits per heavy atom. The first kappa shape index (κ1) is 15.3. The highest BCUT2D eigenvalue weighted by Crippen LogP contribution is 2.37. The van der Waals surface area contributed by atoms with Gasteiger partial charge in [-0.1, -0.05) is 36.4 Å². The van der Waals surface area contributed by atoms with Crippen LogP contribution in [0.3, 0.4) is 0 Å². The first-order chi connectivity index (χ1) is 11.6. The van der Waals surface area contributed by atoms with E-state index < -0.39 is 0 Å². The molecule has 0 radical (unpaired) electrons. The molecule has 1 N–H and O–H groups in total. The number of carbonyl (C=O) groups excluding carboxylic acids is 1. The summed E-state index contributed by atoms with van der Waals surface area (Å²) in [5, 5.41) is 3.11. The number of hydrogen-bond donors (Lipinski definition) is 1. The fourth-order valence-corrected chi connectivity index (χ4v) is 3.98. The summed E-state index contributed by atoms with van der Waals surface area (Å²) in [6.07, 6.45) is 1.67. The van der Waals surface area contributed by atoms with Crippen LogP contribution in [0.25, 0.3) is 0 Å². The van der Waals surface area contributed by atoms with Gasteiger partial charge in [-0.3, -0.25) is 9.69 Å². The Labute approximate surface area is 141 Å². The summed E-state index contributed by atoms with van der Waals surface area (Å²) < 4.78 is 13.1. The van der Waals surface area contributed by atoms with Crippen LogP contribution >= 0.6 is 0 Å². The second-order valence-electron chi connectivity index (χ2n) is 7.00. The number of likely N-dealkylation sites (tertiary alicyclic amines) is 1. The van der Waals surface area contributed by atoms with Gasteiger partial charge in [0, 0.05) is 19.6 Å². The molecule has 1 unspecified atom stereocenters. The summed E-state index contributed by atoms with van der Waals surface area (Å²) in [4.78, 5) is 15.1. The van der Waals surface area contributed by atoms with Crippen LogP contribution in [-0.2, 0) is 24.3 Å². The fraction of sp³-hybridized carbons (Fsp3) is 0.350. The molecule has 1 fully saturated rings. The molecule has 2 aromatic carbocycles. The fourth-order valence-electron chi connectivity index (χ4n) is 3.98. The predicted octanol–water partition coefficient (Wildman–Crippen LogP) is 2.89. The highest BCUT2D eigenvalue weighted by Gasteiger charge is 2.45. The van der Waals surface area contributed by atoms with Crippen molar-refractivity contribution in [3.8, 4) is 0 Å². The molecule has 0 bridgehead atoms. The number of halogens is 1. The van der Waals surface area contributed by atoms with Crippen LogP contribution in [0.5, 0.6) is 0 Å². The average Bonchev–Trinajstić information content (AvgIpc) is 2.93. The van der Waals surface area contributed by atoms with Gasteiger partial charge in [0.15, 0.2) is 0 Å². The van der Waals surface area contributed by atoms with Crippen molar-refractivity contribution in [2.75, 3.05) is 13.1 Å². The van der Waals surface area contributed by atoms with E-state index in [1.807, 2.05) is 24.3 Å². The summed E-state index contributed by atoms with van der Waals surface area (Å²) >= 11 is 0. The van der Waals surface area contributed by atoms with E-state index in [-0.39, 0.29) is 17.1 Å². The summed E-state index contributed by atoms with van der Waals surface area (Å²) in [6, 6.07) is 14.9. The van der Waals surface area contributed by atoms with Crippen LogP contribution in [0.2, 0.25) is 0 Å². The molecule has 2 heterocycles. The van der Waals surface area contributed by atoms with E-state index in [1.54, 1.807) is 0 Å². The molecule has 2 aliphatic rings. The molecule has 0 aromatic heterocycles. The normalized spacial score (nSPS) is 23.8. The van der Waals surface area contributed by atoms with Crippen molar-refractivity contribution in [3.63, 3.8) is 0 Å². The highest BCUT2D eigenvalue weighted by atomic mass is 19.1. The molecule has 1 amide bonds. The first-order valence-electron chi connectivity index (χ1n) is 8.47. The maximum absolute atomic E-state index is 13.1. The van der Waals surface area contributed by atoms with E-state index in [9.17, 15) is 9.18 Å². The van der Waals surface area contributed by atoms with Gasteiger partial charge in [0.1, 0.15) is 5.82 Å². The molecule has 124 valence electrons. The molecule has 1 saturated heterocycles. The van der Waals surface area contributed by atoms with Gasteiger partial charge in [-0.15, -0.1) is 0 Å². The Hall–Kier alpha value is -2.20. The molecular formula is C20H21FN2O. The maximum Gasteiger partial charge on any atom is 0.228 e. The highest BCUT2D eigenvalue weighted by molar-refractivity contribution is 5.84. The van der Waals surface area contributed by atoms with E-state index in [2.05, 4.69) is 22.3 Å². The van der Waals surface area contributed by atoms with Crippen LogP contribution in [-0.4, -0.2) is 23.9 Å². The number of nitrogens with one attached hydrogen (secondary N) is 1. The van der Waals surface area contributed by atoms with Gasteiger partial charge in [0.05, 0.1) is 5.41 Å². The molecule has 1 spiro atoms. The number of carbonyl (C=O) groups is 1. The topological polar surface area (TPSA) is 32.3 Å². The molecule has 24 heavy (non-hydrogen) atoms. The molecule has 4 rings (SSSR count). The predicted molar refractivity (Wildman–Crippen MR) is 90.7 cm³/mol. The van der Waals surface area contributed by atoms with Crippen LogP contribution in [0.15, 0.2) is 48.5 Å². The zero-order chi connectivity index (χ0) is 16.6. The number of benzene rings is 2. The van der Waals surface area contributed by atoms with Crippen LogP contribution in [0, 0.1) is 11.2 Å². The molecule has 0 saturated carbocycles. The zero-order valence-electron chi connectivity index (χ0n) is 13.6. The summed E-state index contributed by atoms with van der Waals surface area (Å²) in [5.41, 5.74) is 3.24. The monoisotopic (exact) mass is 324 g/mol. The SMILES string of the molecule is O=C1NCc2ccccc2CC12CCN(Cc1ccc(F)cc1)C2. The van der Waals surface area contributed by atoms with E-state index in [0.29, 0.717) is 6.54 Å². The molecular weight excluding hydrogens is 303 g/mol. The van der Waals surface area contributed by atoms with Crippen molar-refractivity contribution in [2.24, 2.45) is 5.41 Å². The van der Waals surface area contributed by atoms with Crippen LogP contribution < -0.4 is 5.32 Å². The summed E-state index contributed by atoms with van der Waals surface area (Å²) in [5.74, 6) is -0.0447. The second kappa shape index (κ2) is 6.02. The van der Waals surface area contributed by atoms with Gasteiger partial charge in [0.25, 0.3) is 0 Å². The molecule has 4 heteroatoms. The average molecular weight is 324 g/mol. The van der Waals surface area contributed by atoms with E-state index in [0.717, 1.165) is 38.0 Å². The third kappa shape index (κ3) is 2.82. The van der Waals surface area contributed by atoms with Crippen LogP contribution in [0.4, 0.5) is 4.39 Å². The number of rotatable bonds is 2. The van der Waals surface area contributed by atoms with Crippen molar-refractivity contribution in [2.45, 2.75) is 25.9 Å². The molecule has 2 aliphatic heterocycles. The van der Waals surface area contributed by atoms with E-state index >= 15 is 0 Å². The van der Waals surface area contributed by atoms with Gasteiger partial charge in [-0.2, -0.15) is 0 Å². The zero-order valence-corrected chi connectivity index (χ0v) is 13.6. The van der Waals surface area contributed by atoms with Crippen molar-refractivity contribution in [3.05, 3.63) is 71.0 Å². The number of hydrogen-bond acceptors (Lipinski definition) is 2. The number of fused-ring (bicyclic) bond motifs is 1. The lowest BCUT2D eigenvalue weighted by Crippen LogP contribution is -2.42. The van der Waals surface area contributed by atoms with Gasteiger partial charge >= 0.3 is 0 Å². The van der Waals surface area contributed by atoms with Crippen molar-refractivity contribution >= 4 is 5.91 Å². The third-order valence-electron chi connectivity index (χ3n) is 5.32. The van der Waals surface area contributed by atoms with Gasteiger partial charge in [0.2, 0.25) is 5.91 Å². The Morgan fingerprint density at radius 2 is 1.83 bits per heavy atom. The van der Waals surface area contributed by atoms with Crippen molar-refractivity contribution < 1.29 is 9.18 Å². The first-order valence-corrected chi connectivity index (χ1v) is 8.47. The summed E-state index contributed by atoms with van der Waals surface area (Å²) in [6.45, 7) is 3.03. The minimum absolute atomic E-state index is 0.167. The molecule has 2 aromatic rings. The van der Waals surface area contributed by atoms with Gasteiger partial charge in [-0.25, -0.2) is 4.39 Å². The Balaban J connectivity index is 1.53. The quantitative estimate of drug-likeness (QED) is 0.921. The van der Waals surface area contributed by atoms with Gasteiger partial charge < -0.3 is 5.32 Å². The van der Waals surface area contributed by atoms with Gasteiger partial charge in [-0.05, 0) is 48.2 Å². The molecule has 0 aliphatic carbocycles. The minimum Gasteiger partial charge on any atom is -0.351 e. The Kier molecular flexibility index (Phi) is 3.85. The van der Waals surface area contributed by atoms with Crippen LogP contribution in [0.1, 0.15) is 23.1 Å². The smallest absolute Gasteiger partial charge is 0.228 e. The lowest BCUT2D eigenvalue weighted by atomic mass is 9.80. The Bertz CT molecular complexity index is 758. The molecule has 3 nitrogen and oxygen atoms in total. The van der Waals surface area contributed by atoms with Crippen molar-refractivity contribution in [1.82, 2.24) is 10.2 Å². The molecule has 1 atom stereocenters. The standard InChI is InChI=1S/C20H21FN2O/c21-18-7-5-15(6-8-18)13-23-10-9-20(14-23)11-16-3-1-2-4-17(16)12-22-19(20)24/h1-8H,9-14H2,(H,22,24).